The fourth-order valence-electron chi connectivity index (χ4n) is 2.52. The average molecular weight is 313 g/mol. The van der Waals surface area contributed by atoms with Gasteiger partial charge in [-0.1, -0.05) is 36.4 Å². The van der Waals surface area contributed by atoms with E-state index >= 15 is 0 Å². The normalized spacial score (nSPS) is 18.4. The van der Waals surface area contributed by atoms with Gasteiger partial charge in [0.05, 0.1) is 6.10 Å². The first-order valence-electron chi connectivity index (χ1n) is 7.53. The maximum Gasteiger partial charge on any atom is 0.252 e. The monoisotopic (exact) mass is 313 g/mol. The van der Waals surface area contributed by atoms with Gasteiger partial charge in [-0.3, -0.25) is 4.79 Å². The predicted octanol–water partition coefficient (Wildman–Crippen LogP) is 3.58. The van der Waals surface area contributed by atoms with E-state index in [4.69, 9.17) is 4.74 Å². The van der Waals surface area contributed by atoms with Crippen LogP contribution in [0.4, 0.5) is 0 Å². The molecule has 0 unspecified atom stereocenters. The van der Waals surface area contributed by atoms with Gasteiger partial charge in [-0.2, -0.15) is 0 Å². The smallest absolute Gasteiger partial charge is 0.252 e. The maximum atomic E-state index is 12.6. The summed E-state index contributed by atoms with van der Waals surface area (Å²) < 4.78 is 5.56. The minimum absolute atomic E-state index is 0.0462. The Morgan fingerprint density at radius 2 is 2.14 bits per heavy atom. The van der Waals surface area contributed by atoms with Gasteiger partial charge in [0.1, 0.15) is 0 Å². The first-order chi connectivity index (χ1) is 10.8. The molecule has 1 aromatic heterocycles. The summed E-state index contributed by atoms with van der Waals surface area (Å²) in [5.74, 6) is -0.0462. The summed E-state index contributed by atoms with van der Waals surface area (Å²) in [4.78, 5) is 13.7. The summed E-state index contributed by atoms with van der Waals surface area (Å²) in [7, 11) is 0. The van der Waals surface area contributed by atoms with Gasteiger partial charge < -0.3 is 10.1 Å². The van der Waals surface area contributed by atoms with E-state index in [0.717, 1.165) is 29.9 Å². The second-order valence-electron chi connectivity index (χ2n) is 5.28. The lowest BCUT2D eigenvalue weighted by Gasteiger charge is -2.13. The number of benzene rings is 1. The van der Waals surface area contributed by atoms with Crippen molar-refractivity contribution in [2.75, 3.05) is 13.2 Å². The molecule has 1 fully saturated rings. The first kappa shape index (κ1) is 15.0. The van der Waals surface area contributed by atoms with Crippen LogP contribution >= 0.6 is 11.3 Å². The van der Waals surface area contributed by atoms with Gasteiger partial charge in [0, 0.05) is 23.6 Å². The van der Waals surface area contributed by atoms with Crippen LogP contribution in [0, 0.1) is 0 Å². The number of carbonyl (C=O) groups is 1. The third-order valence-electron chi connectivity index (χ3n) is 3.67. The van der Waals surface area contributed by atoms with Crippen molar-refractivity contribution in [3.05, 3.63) is 58.3 Å². The zero-order valence-electron chi connectivity index (χ0n) is 12.3. The van der Waals surface area contributed by atoms with Crippen LogP contribution in [0.1, 0.15) is 23.3 Å². The standard InChI is InChI=1S/C18H19NO2S/c20-18(19-13-15-8-4-10-21-15)17(12-16-9-5-11-22-16)14-6-2-1-3-7-14/h1-3,5-7,9,11-12,15H,4,8,10,13H2,(H,19,20)/b17-12-/t15-/m1/s1. The minimum Gasteiger partial charge on any atom is -0.376 e. The number of rotatable bonds is 5. The number of thiophene rings is 1. The third-order valence-corrected chi connectivity index (χ3v) is 4.49. The lowest BCUT2D eigenvalue weighted by molar-refractivity contribution is -0.116. The molecule has 114 valence electrons. The van der Waals surface area contributed by atoms with Crippen LogP contribution in [-0.4, -0.2) is 25.2 Å². The lowest BCUT2D eigenvalue weighted by Crippen LogP contribution is -2.32. The molecule has 4 heteroatoms. The largest absolute Gasteiger partial charge is 0.376 e. The maximum absolute atomic E-state index is 12.6. The Bertz CT molecular complexity index is 628. The van der Waals surface area contributed by atoms with Gasteiger partial charge >= 0.3 is 0 Å². The van der Waals surface area contributed by atoms with Crippen LogP contribution in [0.2, 0.25) is 0 Å². The van der Waals surface area contributed by atoms with Crippen LogP contribution in [0.3, 0.4) is 0 Å². The Balaban J connectivity index is 1.77. The molecule has 2 aromatic rings. The van der Waals surface area contributed by atoms with E-state index in [1.54, 1.807) is 11.3 Å². The molecule has 0 aliphatic carbocycles. The number of carbonyl (C=O) groups excluding carboxylic acids is 1. The molecular formula is C18H19NO2S. The summed E-state index contributed by atoms with van der Waals surface area (Å²) >= 11 is 1.63. The molecule has 1 aliphatic rings. The first-order valence-corrected chi connectivity index (χ1v) is 8.41. The van der Waals surface area contributed by atoms with Crippen molar-refractivity contribution < 1.29 is 9.53 Å². The topological polar surface area (TPSA) is 38.3 Å². The zero-order chi connectivity index (χ0) is 15.2. The van der Waals surface area contributed by atoms with E-state index in [9.17, 15) is 4.79 Å². The Morgan fingerprint density at radius 1 is 1.27 bits per heavy atom. The summed E-state index contributed by atoms with van der Waals surface area (Å²) in [5, 5.41) is 5.02. The summed E-state index contributed by atoms with van der Waals surface area (Å²) in [6.07, 6.45) is 4.21. The van der Waals surface area contributed by atoms with Gasteiger partial charge in [-0.05, 0) is 35.9 Å². The second-order valence-corrected chi connectivity index (χ2v) is 6.26. The highest BCUT2D eigenvalue weighted by atomic mass is 32.1. The fraction of sp³-hybridized carbons (Fsp3) is 0.278. The highest BCUT2D eigenvalue weighted by Crippen LogP contribution is 2.21. The van der Waals surface area contributed by atoms with Crippen LogP contribution in [0.15, 0.2) is 47.8 Å². The average Bonchev–Trinajstić information content (AvgIpc) is 3.24. The second kappa shape index (κ2) is 7.38. The van der Waals surface area contributed by atoms with E-state index in [-0.39, 0.29) is 12.0 Å². The van der Waals surface area contributed by atoms with Crippen molar-refractivity contribution in [1.29, 1.82) is 0 Å². The molecule has 1 atom stereocenters. The van der Waals surface area contributed by atoms with E-state index in [0.29, 0.717) is 12.1 Å². The number of amides is 1. The third kappa shape index (κ3) is 3.84. The molecule has 0 bridgehead atoms. The Labute approximate surface area is 134 Å². The van der Waals surface area contributed by atoms with Crippen LogP contribution in [-0.2, 0) is 9.53 Å². The van der Waals surface area contributed by atoms with Crippen molar-refractivity contribution in [2.24, 2.45) is 0 Å². The SMILES string of the molecule is O=C(NC[C@H]1CCCO1)/C(=C\c1cccs1)c1ccccc1. The molecular weight excluding hydrogens is 294 g/mol. The van der Waals surface area contributed by atoms with Crippen molar-refractivity contribution in [2.45, 2.75) is 18.9 Å². The van der Waals surface area contributed by atoms with E-state index < -0.39 is 0 Å². The number of ether oxygens (including phenoxy) is 1. The molecule has 1 aliphatic heterocycles. The fourth-order valence-corrected chi connectivity index (χ4v) is 3.18. The number of nitrogens with one attached hydrogen (secondary N) is 1. The molecule has 22 heavy (non-hydrogen) atoms. The quantitative estimate of drug-likeness (QED) is 0.857. The van der Waals surface area contributed by atoms with Crippen molar-refractivity contribution in [3.8, 4) is 0 Å². The predicted molar refractivity (Wildman–Crippen MR) is 90.6 cm³/mol. The lowest BCUT2D eigenvalue weighted by atomic mass is 10.0. The van der Waals surface area contributed by atoms with E-state index in [2.05, 4.69) is 5.32 Å². The Kier molecular flexibility index (Phi) is 5.03. The molecule has 1 amide bonds. The molecule has 2 heterocycles. The molecule has 1 aromatic carbocycles. The highest BCUT2D eigenvalue weighted by Gasteiger charge is 2.18. The van der Waals surface area contributed by atoms with E-state index in [1.165, 1.54) is 0 Å². The van der Waals surface area contributed by atoms with Gasteiger partial charge in [-0.15, -0.1) is 11.3 Å². The molecule has 0 spiro atoms. The van der Waals surface area contributed by atoms with Crippen LogP contribution in [0.25, 0.3) is 11.6 Å². The van der Waals surface area contributed by atoms with Gasteiger partial charge in [-0.25, -0.2) is 0 Å². The zero-order valence-corrected chi connectivity index (χ0v) is 13.1. The molecule has 0 radical (unpaired) electrons. The van der Waals surface area contributed by atoms with Crippen LogP contribution < -0.4 is 5.32 Å². The van der Waals surface area contributed by atoms with E-state index in [1.807, 2.05) is 53.9 Å². The van der Waals surface area contributed by atoms with Gasteiger partial charge in [0.15, 0.2) is 0 Å². The number of hydrogen-bond acceptors (Lipinski definition) is 3. The molecule has 1 N–H and O–H groups in total. The van der Waals surface area contributed by atoms with Gasteiger partial charge in [0.2, 0.25) is 0 Å². The molecule has 3 rings (SSSR count). The Morgan fingerprint density at radius 3 is 2.82 bits per heavy atom. The Hall–Kier alpha value is -1.91. The van der Waals surface area contributed by atoms with Crippen molar-refractivity contribution in [3.63, 3.8) is 0 Å². The van der Waals surface area contributed by atoms with Crippen molar-refractivity contribution in [1.82, 2.24) is 5.32 Å². The van der Waals surface area contributed by atoms with Gasteiger partial charge in [0.25, 0.3) is 5.91 Å². The number of hydrogen-bond donors (Lipinski definition) is 1. The summed E-state index contributed by atoms with van der Waals surface area (Å²) in [6, 6.07) is 13.8. The van der Waals surface area contributed by atoms with Crippen LogP contribution in [0.5, 0.6) is 0 Å². The van der Waals surface area contributed by atoms with Crippen molar-refractivity contribution >= 4 is 28.9 Å². The minimum atomic E-state index is -0.0462. The molecule has 0 saturated carbocycles. The highest BCUT2D eigenvalue weighted by molar-refractivity contribution is 7.11. The molecule has 1 saturated heterocycles. The summed E-state index contributed by atoms with van der Waals surface area (Å²) in [6.45, 7) is 1.38. The molecule has 3 nitrogen and oxygen atoms in total. The summed E-state index contributed by atoms with van der Waals surface area (Å²) in [5.41, 5.74) is 1.63.